The Labute approximate surface area is 118 Å². The van der Waals surface area contributed by atoms with E-state index in [1.807, 2.05) is 0 Å². The average Bonchev–Trinajstić information content (AvgIpc) is 2.85. The van der Waals surface area contributed by atoms with E-state index in [1.165, 1.54) is 30.2 Å². The van der Waals surface area contributed by atoms with Crippen molar-refractivity contribution in [1.29, 1.82) is 0 Å². The number of halogens is 1. The minimum absolute atomic E-state index is 0.148. The second kappa shape index (κ2) is 5.94. The van der Waals surface area contributed by atoms with Crippen LogP contribution in [0.1, 0.15) is 25.7 Å². The van der Waals surface area contributed by atoms with Gasteiger partial charge in [0.25, 0.3) is 0 Å². The standard InChI is InChI=1S/C13H17ClN2O2S/c14-12-6-5-11(9-13(12)15)19(17,18)16-8-7-10-3-1-2-4-10/h3,5-6,9,16H,1-2,4,7-8,15H2. The maximum atomic E-state index is 12.0. The van der Waals surface area contributed by atoms with Crippen LogP contribution in [-0.2, 0) is 10.0 Å². The van der Waals surface area contributed by atoms with Crippen LogP contribution in [0.2, 0.25) is 5.02 Å². The molecule has 19 heavy (non-hydrogen) atoms. The summed E-state index contributed by atoms with van der Waals surface area (Å²) in [5.74, 6) is 0. The fraction of sp³-hybridized carbons (Fsp3) is 0.385. The minimum Gasteiger partial charge on any atom is -0.397 e. The summed E-state index contributed by atoms with van der Waals surface area (Å²) < 4.78 is 26.7. The Hall–Kier alpha value is -1.04. The van der Waals surface area contributed by atoms with E-state index in [9.17, 15) is 8.42 Å². The van der Waals surface area contributed by atoms with Gasteiger partial charge in [0, 0.05) is 6.54 Å². The highest BCUT2D eigenvalue weighted by Crippen LogP contribution is 2.23. The summed E-state index contributed by atoms with van der Waals surface area (Å²) in [5.41, 5.74) is 7.21. The van der Waals surface area contributed by atoms with Gasteiger partial charge in [0.2, 0.25) is 10.0 Å². The van der Waals surface area contributed by atoms with E-state index in [-0.39, 0.29) is 10.6 Å². The Bertz CT molecular complexity index is 597. The summed E-state index contributed by atoms with van der Waals surface area (Å²) in [7, 11) is -3.51. The van der Waals surface area contributed by atoms with Crippen LogP contribution >= 0.6 is 11.6 Å². The molecule has 3 N–H and O–H groups in total. The molecule has 0 aliphatic heterocycles. The maximum absolute atomic E-state index is 12.0. The molecule has 0 bridgehead atoms. The van der Waals surface area contributed by atoms with Crippen molar-refractivity contribution in [2.75, 3.05) is 12.3 Å². The Balaban J connectivity index is 1.99. The van der Waals surface area contributed by atoms with Gasteiger partial charge in [-0.1, -0.05) is 23.3 Å². The quantitative estimate of drug-likeness (QED) is 0.649. The van der Waals surface area contributed by atoms with Crippen LogP contribution < -0.4 is 10.5 Å². The predicted octanol–water partition coefficient (Wildman–Crippen LogP) is 2.70. The van der Waals surface area contributed by atoms with Crippen LogP contribution in [0, 0.1) is 0 Å². The summed E-state index contributed by atoms with van der Waals surface area (Å²) in [6.07, 6.45) is 6.32. The number of anilines is 1. The molecular weight excluding hydrogens is 284 g/mol. The lowest BCUT2D eigenvalue weighted by molar-refractivity contribution is 0.581. The summed E-state index contributed by atoms with van der Waals surface area (Å²) in [4.78, 5) is 0.148. The van der Waals surface area contributed by atoms with Crippen molar-refractivity contribution in [2.24, 2.45) is 0 Å². The summed E-state index contributed by atoms with van der Waals surface area (Å²) in [5, 5.41) is 0.357. The molecule has 0 saturated carbocycles. The van der Waals surface area contributed by atoms with Gasteiger partial charge in [0.1, 0.15) is 0 Å². The zero-order valence-electron chi connectivity index (χ0n) is 10.5. The molecule has 0 aromatic heterocycles. The van der Waals surface area contributed by atoms with Crippen LogP contribution in [0.15, 0.2) is 34.7 Å². The number of hydrogen-bond donors (Lipinski definition) is 2. The van der Waals surface area contributed by atoms with Crippen molar-refractivity contribution >= 4 is 27.3 Å². The van der Waals surface area contributed by atoms with E-state index in [2.05, 4.69) is 10.8 Å². The van der Waals surface area contributed by atoms with Crippen molar-refractivity contribution in [3.63, 3.8) is 0 Å². The van der Waals surface area contributed by atoms with Crippen LogP contribution in [-0.4, -0.2) is 15.0 Å². The van der Waals surface area contributed by atoms with E-state index in [0.29, 0.717) is 11.6 Å². The van der Waals surface area contributed by atoms with E-state index in [4.69, 9.17) is 17.3 Å². The Kier molecular flexibility index (Phi) is 4.50. The van der Waals surface area contributed by atoms with Crippen molar-refractivity contribution in [3.05, 3.63) is 34.9 Å². The molecule has 0 amide bonds. The summed E-state index contributed by atoms with van der Waals surface area (Å²) >= 11 is 5.77. The molecule has 0 spiro atoms. The summed E-state index contributed by atoms with van der Waals surface area (Å²) in [6, 6.07) is 4.32. The second-order valence-corrected chi connectivity index (χ2v) is 6.76. The molecule has 0 saturated heterocycles. The highest BCUT2D eigenvalue weighted by Gasteiger charge is 2.15. The fourth-order valence-corrected chi connectivity index (χ4v) is 3.27. The number of nitrogens with one attached hydrogen (secondary N) is 1. The lowest BCUT2D eigenvalue weighted by atomic mass is 10.2. The van der Waals surface area contributed by atoms with E-state index in [0.717, 1.165) is 19.3 Å². The molecular formula is C13H17ClN2O2S. The number of nitrogen functional groups attached to an aromatic ring is 1. The van der Waals surface area contributed by atoms with E-state index in [1.54, 1.807) is 0 Å². The molecule has 1 aliphatic rings. The summed E-state index contributed by atoms with van der Waals surface area (Å²) in [6.45, 7) is 0.413. The average molecular weight is 301 g/mol. The van der Waals surface area contributed by atoms with Crippen LogP contribution in [0.25, 0.3) is 0 Å². The van der Waals surface area contributed by atoms with Crippen molar-refractivity contribution in [1.82, 2.24) is 4.72 Å². The van der Waals surface area contributed by atoms with Crippen LogP contribution in [0.5, 0.6) is 0 Å². The maximum Gasteiger partial charge on any atom is 0.240 e. The van der Waals surface area contributed by atoms with Gasteiger partial charge in [-0.05, 0) is 43.9 Å². The zero-order chi connectivity index (χ0) is 13.9. The third-order valence-corrected chi connectivity index (χ3v) is 4.95. The van der Waals surface area contributed by atoms with Gasteiger partial charge in [-0.2, -0.15) is 0 Å². The molecule has 0 heterocycles. The van der Waals surface area contributed by atoms with Gasteiger partial charge in [0.15, 0.2) is 0 Å². The van der Waals surface area contributed by atoms with Crippen molar-refractivity contribution in [3.8, 4) is 0 Å². The smallest absolute Gasteiger partial charge is 0.240 e. The second-order valence-electron chi connectivity index (χ2n) is 4.59. The molecule has 0 unspecified atom stereocenters. The molecule has 1 aliphatic carbocycles. The molecule has 2 rings (SSSR count). The first-order valence-corrected chi connectivity index (χ1v) is 8.08. The number of hydrogen-bond acceptors (Lipinski definition) is 3. The number of allylic oxidation sites excluding steroid dienone is 1. The first kappa shape index (κ1) is 14.4. The molecule has 104 valence electrons. The van der Waals surface area contributed by atoms with Gasteiger partial charge in [-0.3, -0.25) is 0 Å². The number of sulfonamides is 1. The lowest BCUT2D eigenvalue weighted by Crippen LogP contribution is -2.25. The normalized spacial score (nSPS) is 15.5. The molecule has 1 aromatic carbocycles. The van der Waals surface area contributed by atoms with Gasteiger partial charge in [-0.25, -0.2) is 13.1 Å². The third kappa shape index (κ3) is 3.72. The lowest BCUT2D eigenvalue weighted by Gasteiger charge is -2.08. The van der Waals surface area contributed by atoms with Gasteiger partial charge in [-0.15, -0.1) is 0 Å². The number of benzene rings is 1. The highest BCUT2D eigenvalue weighted by atomic mass is 35.5. The van der Waals surface area contributed by atoms with Gasteiger partial charge < -0.3 is 5.73 Å². The fourth-order valence-electron chi connectivity index (χ4n) is 2.08. The predicted molar refractivity (Wildman–Crippen MR) is 77.6 cm³/mol. The largest absolute Gasteiger partial charge is 0.397 e. The monoisotopic (exact) mass is 300 g/mol. The first-order valence-electron chi connectivity index (χ1n) is 6.21. The first-order chi connectivity index (χ1) is 8.99. The third-order valence-electron chi connectivity index (χ3n) is 3.15. The molecule has 0 radical (unpaired) electrons. The Morgan fingerprint density at radius 2 is 2.16 bits per heavy atom. The SMILES string of the molecule is Nc1cc(S(=O)(=O)NCCC2=CCCC2)ccc1Cl. The van der Waals surface area contributed by atoms with E-state index < -0.39 is 10.0 Å². The molecule has 6 heteroatoms. The molecule has 0 fully saturated rings. The molecule has 0 atom stereocenters. The number of nitrogens with two attached hydrogens (primary N) is 1. The number of rotatable bonds is 5. The Morgan fingerprint density at radius 3 is 2.79 bits per heavy atom. The van der Waals surface area contributed by atoms with Crippen LogP contribution in [0.3, 0.4) is 0 Å². The Morgan fingerprint density at radius 1 is 1.37 bits per heavy atom. The molecule has 4 nitrogen and oxygen atoms in total. The van der Waals surface area contributed by atoms with Crippen molar-refractivity contribution in [2.45, 2.75) is 30.6 Å². The van der Waals surface area contributed by atoms with Gasteiger partial charge >= 0.3 is 0 Å². The molecule has 1 aromatic rings. The topological polar surface area (TPSA) is 72.2 Å². The minimum atomic E-state index is -3.51. The highest BCUT2D eigenvalue weighted by molar-refractivity contribution is 7.89. The van der Waals surface area contributed by atoms with Crippen molar-refractivity contribution < 1.29 is 8.42 Å². The van der Waals surface area contributed by atoms with E-state index >= 15 is 0 Å². The van der Waals surface area contributed by atoms with Gasteiger partial charge in [0.05, 0.1) is 15.6 Å². The van der Waals surface area contributed by atoms with Crippen LogP contribution in [0.4, 0.5) is 5.69 Å². The zero-order valence-corrected chi connectivity index (χ0v) is 12.1.